The molecule has 2 aromatic carbocycles. The highest BCUT2D eigenvalue weighted by Gasteiger charge is 2.16. The Balaban J connectivity index is 2.15. The van der Waals surface area contributed by atoms with E-state index in [9.17, 15) is 12.3 Å². The van der Waals surface area contributed by atoms with Crippen molar-refractivity contribution in [3.8, 4) is 5.75 Å². The molecule has 0 bridgehead atoms. The van der Waals surface area contributed by atoms with Gasteiger partial charge in [0.25, 0.3) is 0 Å². The number of halogens is 1. The van der Waals surface area contributed by atoms with Crippen molar-refractivity contribution in [1.82, 2.24) is 0 Å². The number of rotatable bonds is 6. The van der Waals surface area contributed by atoms with Crippen LogP contribution >= 0.6 is 0 Å². The number of hydrogen-bond donors (Lipinski definition) is 0. The lowest BCUT2D eigenvalue weighted by Crippen LogP contribution is -2.37. The van der Waals surface area contributed by atoms with Gasteiger partial charge in [-0.15, -0.1) is 3.89 Å². The SMILES string of the molecule is CCN(c1cccc(C)c1)C(C)Oc1ccc(S(=O)(=O)F)cc1. The highest BCUT2D eigenvalue weighted by atomic mass is 32.3. The van der Waals surface area contributed by atoms with Crippen molar-refractivity contribution in [3.63, 3.8) is 0 Å². The lowest BCUT2D eigenvalue weighted by molar-refractivity contribution is 0.216. The fourth-order valence-electron chi connectivity index (χ4n) is 2.40. The quantitative estimate of drug-likeness (QED) is 0.592. The number of hydrogen-bond acceptors (Lipinski definition) is 4. The van der Waals surface area contributed by atoms with E-state index in [-0.39, 0.29) is 11.1 Å². The van der Waals surface area contributed by atoms with Crippen molar-refractivity contribution in [2.45, 2.75) is 31.9 Å². The molecule has 0 aliphatic carbocycles. The van der Waals surface area contributed by atoms with Gasteiger partial charge in [-0.05, 0) is 62.7 Å². The maximum atomic E-state index is 12.9. The Morgan fingerprint density at radius 2 is 1.83 bits per heavy atom. The van der Waals surface area contributed by atoms with Crippen LogP contribution in [0, 0.1) is 6.92 Å². The zero-order valence-corrected chi connectivity index (χ0v) is 14.2. The first-order valence-electron chi connectivity index (χ1n) is 7.36. The molecule has 0 spiro atoms. The second kappa shape index (κ2) is 7.00. The molecule has 1 atom stereocenters. The van der Waals surface area contributed by atoms with E-state index in [1.807, 2.05) is 39.0 Å². The first kappa shape index (κ1) is 17.3. The van der Waals surface area contributed by atoms with Crippen molar-refractivity contribution >= 4 is 15.9 Å². The van der Waals surface area contributed by atoms with Gasteiger partial charge < -0.3 is 9.64 Å². The molecule has 0 radical (unpaired) electrons. The monoisotopic (exact) mass is 337 g/mol. The van der Waals surface area contributed by atoms with Crippen LogP contribution in [-0.4, -0.2) is 21.2 Å². The first-order valence-corrected chi connectivity index (χ1v) is 8.74. The van der Waals surface area contributed by atoms with Gasteiger partial charge in [0.05, 0.1) is 4.90 Å². The van der Waals surface area contributed by atoms with Crippen molar-refractivity contribution in [2.24, 2.45) is 0 Å². The molecule has 0 aliphatic heterocycles. The standard InChI is InChI=1S/C17H20FNO3S/c1-4-19(15-7-5-6-13(2)12-15)14(3)22-16-8-10-17(11-9-16)23(18,20)21/h5-12,14H,4H2,1-3H3. The van der Waals surface area contributed by atoms with Crippen molar-refractivity contribution in [2.75, 3.05) is 11.4 Å². The van der Waals surface area contributed by atoms with E-state index in [0.29, 0.717) is 5.75 Å². The molecule has 0 heterocycles. The minimum absolute atomic E-state index is 0.255. The minimum Gasteiger partial charge on any atom is -0.471 e. The fraction of sp³-hybridized carbons (Fsp3) is 0.294. The molecule has 2 rings (SSSR count). The molecule has 0 aliphatic rings. The molecule has 0 saturated heterocycles. The summed E-state index contributed by atoms with van der Waals surface area (Å²) in [5.74, 6) is 0.482. The third-order valence-electron chi connectivity index (χ3n) is 3.52. The summed E-state index contributed by atoms with van der Waals surface area (Å²) in [5, 5.41) is 0. The lowest BCUT2D eigenvalue weighted by atomic mass is 10.2. The number of nitrogens with zero attached hydrogens (tertiary/aromatic N) is 1. The van der Waals surface area contributed by atoms with Gasteiger partial charge in [0.15, 0.2) is 6.23 Å². The van der Waals surface area contributed by atoms with Gasteiger partial charge in [-0.2, -0.15) is 8.42 Å². The van der Waals surface area contributed by atoms with Crippen LogP contribution in [0.5, 0.6) is 5.75 Å². The molecule has 2 aromatic rings. The van der Waals surface area contributed by atoms with Crippen LogP contribution in [0.1, 0.15) is 19.4 Å². The van der Waals surface area contributed by atoms with Crippen LogP contribution in [0.4, 0.5) is 9.57 Å². The van der Waals surface area contributed by atoms with Crippen LogP contribution in [0.2, 0.25) is 0 Å². The predicted molar refractivity (Wildman–Crippen MR) is 89.0 cm³/mol. The van der Waals surface area contributed by atoms with Gasteiger partial charge in [-0.1, -0.05) is 12.1 Å². The summed E-state index contributed by atoms with van der Waals surface area (Å²) in [4.78, 5) is 1.70. The van der Waals surface area contributed by atoms with Crippen molar-refractivity contribution in [1.29, 1.82) is 0 Å². The first-order chi connectivity index (χ1) is 10.8. The average Bonchev–Trinajstić information content (AvgIpc) is 2.47. The fourth-order valence-corrected chi connectivity index (χ4v) is 2.86. The van der Waals surface area contributed by atoms with Crippen molar-refractivity contribution < 1.29 is 17.0 Å². The van der Waals surface area contributed by atoms with Crippen molar-refractivity contribution in [3.05, 3.63) is 54.1 Å². The number of anilines is 1. The topological polar surface area (TPSA) is 46.6 Å². The van der Waals surface area contributed by atoms with E-state index in [2.05, 4.69) is 11.0 Å². The van der Waals surface area contributed by atoms with Gasteiger partial charge in [0.1, 0.15) is 5.75 Å². The minimum atomic E-state index is -4.68. The summed E-state index contributed by atoms with van der Waals surface area (Å²) in [7, 11) is -4.68. The van der Waals surface area contributed by atoms with Gasteiger partial charge in [-0.25, -0.2) is 0 Å². The maximum Gasteiger partial charge on any atom is 0.332 e. The molecule has 23 heavy (non-hydrogen) atoms. The predicted octanol–water partition coefficient (Wildman–Crippen LogP) is 3.90. The summed E-state index contributed by atoms with van der Waals surface area (Å²) in [5.41, 5.74) is 2.20. The summed E-state index contributed by atoms with van der Waals surface area (Å²) < 4.78 is 40.4. The van der Waals surface area contributed by atoms with Crippen LogP contribution in [0.25, 0.3) is 0 Å². The van der Waals surface area contributed by atoms with E-state index in [0.717, 1.165) is 17.8 Å². The molecule has 0 saturated carbocycles. The molecule has 0 N–H and O–H groups in total. The van der Waals surface area contributed by atoms with Crippen LogP contribution < -0.4 is 9.64 Å². The molecule has 0 fully saturated rings. The third-order valence-corrected chi connectivity index (χ3v) is 4.36. The van der Waals surface area contributed by atoms with E-state index in [1.165, 1.54) is 24.3 Å². The average molecular weight is 337 g/mol. The molecule has 6 heteroatoms. The number of benzene rings is 2. The Morgan fingerprint density at radius 3 is 2.35 bits per heavy atom. The third kappa shape index (κ3) is 4.45. The second-order valence-electron chi connectivity index (χ2n) is 5.25. The largest absolute Gasteiger partial charge is 0.471 e. The summed E-state index contributed by atoms with van der Waals surface area (Å²) in [6.07, 6.45) is -0.255. The van der Waals surface area contributed by atoms with Gasteiger partial charge >= 0.3 is 10.2 Å². The Bertz CT molecular complexity index is 760. The highest BCUT2D eigenvalue weighted by Crippen LogP contribution is 2.22. The maximum absolute atomic E-state index is 12.9. The zero-order chi connectivity index (χ0) is 17.0. The Labute approximate surface area is 136 Å². The Morgan fingerprint density at radius 1 is 1.17 bits per heavy atom. The van der Waals surface area contributed by atoms with E-state index in [4.69, 9.17) is 4.74 Å². The lowest BCUT2D eigenvalue weighted by Gasteiger charge is -2.30. The van der Waals surface area contributed by atoms with E-state index >= 15 is 0 Å². The normalized spacial score (nSPS) is 12.7. The smallest absolute Gasteiger partial charge is 0.332 e. The van der Waals surface area contributed by atoms with Crippen LogP contribution in [-0.2, 0) is 10.2 Å². The zero-order valence-electron chi connectivity index (χ0n) is 13.4. The van der Waals surface area contributed by atoms with Crippen LogP contribution in [0.3, 0.4) is 0 Å². The molecule has 0 aromatic heterocycles. The molecular formula is C17H20FNO3S. The van der Waals surface area contributed by atoms with E-state index < -0.39 is 10.2 Å². The molecule has 4 nitrogen and oxygen atoms in total. The number of aryl methyl sites for hydroxylation is 1. The van der Waals surface area contributed by atoms with E-state index in [1.54, 1.807) is 0 Å². The Kier molecular flexibility index (Phi) is 5.26. The van der Waals surface area contributed by atoms with Crippen LogP contribution in [0.15, 0.2) is 53.4 Å². The van der Waals surface area contributed by atoms with Gasteiger partial charge in [0, 0.05) is 12.2 Å². The Hall–Kier alpha value is -2.08. The molecule has 1 unspecified atom stereocenters. The second-order valence-corrected chi connectivity index (χ2v) is 6.60. The summed E-state index contributed by atoms with van der Waals surface area (Å²) >= 11 is 0. The highest BCUT2D eigenvalue weighted by molar-refractivity contribution is 7.86. The van der Waals surface area contributed by atoms with Gasteiger partial charge in [-0.3, -0.25) is 0 Å². The molecular weight excluding hydrogens is 317 g/mol. The molecule has 124 valence electrons. The number of ether oxygens (including phenoxy) is 1. The summed E-state index contributed by atoms with van der Waals surface area (Å²) in [6, 6.07) is 13.4. The molecule has 0 amide bonds. The summed E-state index contributed by atoms with van der Waals surface area (Å²) in [6.45, 7) is 6.72. The van der Waals surface area contributed by atoms with Gasteiger partial charge in [0.2, 0.25) is 0 Å².